The fourth-order valence-corrected chi connectivity index (χ4v) is 2.91. The second kappa shape index (κ2) is 8.06. The number of imidazole rings is 1. The molecule has 11 nitrogen and oxygen atoms in total. The largest absolute Gasteiger partial charge is 0.370 e. The number of unbranched alkanes of at least 4 members (excludes halogenated alkanes) is 2. The average Bonchev–Trinajstić information content (AvgIpc) is 2.93. The van der Waals surface area contributed by atoms with Crippen LogP contribution in [0, 0.1) is 5.41 Å². The van der Waals surface area contributed by atoms with Crippen molar-refractivity contribution in [2.24, 2.45) is 37.6 Å². The lowest BCUT2D eigenvalue weighted by Gasteiger charge is -2.16. The SMILES string of the molecule is CN(CCCCCc1nc2c(c(=O)n(C)c(=O)n2C)n1C)C(=N)N=C(N)N. The van der Waals surface area contributed by atoms with E-state index < -0.39 is 0 Å². The fraction of sp³-hybridized carbons (Fsp3) is 0.562. The first kappa shape index (κ1) is 20.2. The molecule has 148 valence electrons. The van der Waals surface area contributed by atoms with Crippen molar-refractivity contribution in [2.45, 2.75) is 25.7 Å². The lowest BCUT2D eigenvalue weighted by Crippen LogP contribution is -2.37. The summed E-state index contributed by atoms with van der Waals surface area (Å²) in [6, 6.07) is 0. The summed E-state index contributed by atoms with van der Waals surface area (Å²) in [6.07, 6.45) is 3.34. The minimum absolute atomic E-state index is 0.0297. The van der Waals surface area contributed by atoms with Crippen LogP contribution in [0.4, 0.5) is 0 Å². The molecule has 0 aliphatic rings. The van der Waals surface area contributed by atoms with Crippen LogP contribution in [0.5, 0.6) is 0 Å². The number of aryl methyl sites for hydroxylation is 3. The van der Waals surface area contributed by atoms with Gasteiger partial charge in [-0.1, -0.05) is 6.42 Å². The van der Waals surface area contributed by atoms with E-state index in [2.05, 4.69) is 9.98 Å². The Morgan fingerprint density at radius 3 is 2.41 bits per heavy atom. The van der Waals surface area contributed by atoms with Crippen molar-refractivity contribution in [3.05, 3.63) is 26.7 Å². The molecule has 2 aromatic heterocycles. The third kappa shape index (κ3) is 4.18. The Bertz CT molecular complexity index is 992. The molecule has 0 aromatic carbocycles. The summed E-state index contributed by atoms with van der Waals surface area (Å²) in [6.45, 7) is 0.660. The molecule has 0 fully saturated rings. The van der Waals surface area contributed by atoms with Crippen molar-refractivity contribution in [1.29, 1.82) is 5.41 Å². The molecule has 0 radical (unpaired) electrons. The van der Waals surface area contributed by atoms with Gasteiger partial charge in [0.05, 0.1) is 0 Å². The molecule has 0 aliphatic carbocycles. The van der Waals surface area contributed by atoms with Gasteiger partial charge in [-0.3, -0.25) is 19.3 Å². The fourth-order valence-electron chi connectivity index (χ4n) is 2.91. The van der Waals surface area contributed by atoms with Gasteiger partial charge in [0.25, 0.3) is 5.56 Å². The molecular formula is C16H27N9O2. The van der Waals surface area contributed by atoms with E-state index in [1.165, 1.54) is 11.6 Å². The first-order chi connectivity index (χ1) is 12.6. The highest BCUT2D eigenvalue weighted by atomic mass is 16.2. The Labute approximate surface area is 156 Å². The number of hydrogen-bond donors (Lipinski definition) is 3. The van der Waals surface area contributed by atoms with Gasteiger partial charge in [-0.05, 0) is 12.8 Å². The van der Waals surface area contributed by atoms with Gasteiger partial charge >= 0.3 is 5.69 Å². The molecular weight excluding hydrogens is 350 g/mol. The molecule has 27 heavy (non-hydrogen) atoms. The number of guanidine groups is 2. The van der Waals surface area contributed by atoms with E-state index in [1.54, 1.807) is 30.6 Å². The smallest absolute Gasteiger partial charge is 0.332 e. The van der Waals surface area contributed by atoms with E-state index in [0.717, 1.165) is 29.7 Å². The molecule has 0 spiro atoms. The normalized spacial score (nSPS) is 11.0. The Morgan fingerprint density at radius 2 is 1.78 bits per heavy atom. The molecule has 11 heteroatoms. The molecule has 0 atom stereocenters. The van der Waals surface area contributed by atoms with Crippen molar-refractivity contribution < 1.29 is 0 Å². The summed E-state index contributed by atoms with van der Waals surface area (Å²) in [5.41, 5.74) is 10.6. The van der Waals surface area contributed by atoms with Crippen molar-refractivity contribution >= 4 is 23.1 Å². The third-order valence-corrected chi connectivity index (χ3v) is 4.56. The van der Waals surface area contributed by atoms with E-state index in [9.17, 15) is 9.59 Å². The predicted molar refractivity (Wildman–Crippen MR) is 105 cm³/mol. The summed E-state index contributed by atoms with van der Waals surface area (Å²) < 4.78 is 4.25. The minimum atomic E-state index is -0.386. The molecule has 0 bridgehead atoms. The van der Waals surface area contributed by atoms with Crippen LogP contribution in [0.25, 0.3) is 11.2 Å². The van der Waals surface area contributed by atoms with E-state index in [4.69, 9.17) is 16.9 Å². The van der Waals surface area contributed by atoms with Crippen molar-refractivity contribution in [3.63, 3.8) is 0 Å². The number of aliphatic imine (C=N–C) groups is 1. The number of nitrogens with zero attached hydrogens (tertiary/aromatic N) is 6. The van der Waals surface area contributed by atoms with E-state index in [-0.39, 0.29) is 23.2 Å². The third-order valence-electron chi connectivity index (χ3n) is 4.56. The predicted octanol–water partition coefficient (Wildman–Crippen LogP) is -1.18. The number of aromatic nitrogens is 4. The zero-order valence-corrected chi connectivity index (χ0v) is 16.2. The molecule has 0 saturated carbocycles. The maximum atomic E-state index is 12.4. The van der Waals surface area contributed by atoms with E-state index >= 15 is 0 Å². The van der Waals surface area contributed by atoms with Gasteiger partial charge in [0.1, 0.15) is 5.82 Å². The van der Waals surface area contributed by atoms with E-state index in [1.807, 2.05) is 0 Å². The monoisotopic (exact) mass is 377 g/mol. The summed E-state index contributed by atoms with van der Waals surface area (Å²) in [5, 5.41) is 7.71. The second-order valence-electron chi connectivity index (χ2n) is 6.56. The van der Waals surface area contributed by atoms with Crippen LogP contribution >= 0.6 is 0 Å². The highest BCUT2D eigenvalue weighted by Gasteiger charge is 2.16. The zero-order valence-electron chi connectivity index (χ0n) is 16.2. The minimum Gasteiger partial charge on any atom is -0.370 e. The summed E-state index contributed by atoms with van der Waals surface area (Å²) in [5.74, 6) is 0.668. The van der Waals surface area contributed by atoms with Crippen LogP contribution in [0.1, 0.15) is 25.1 Å². The van der Waals surface area contributed by atoms with Crippen LogP contribution in [0.15, 0.2) is 14.6 Å². The number of nitrogens with two attached hydrogens (primary N) is 2. The average molecular weight is 377 g/mol. The maximum Gasteiger partial charge on any atom is 0.332 e. The molecule has 2 rings (SSSR count). The first-order valence-corrected chi connectivity index (χ1v) is 8.65. The van der Waals surface area contributed by atoms with Crippen molar-refractivity contribution in [2.75, 3.05) is 13.6 Å². The standard InChI is InChI=1S/C16H27N9O2/c1-22(15(19)21-14(17)18)9-7-5-6-8-10-20-12-11(23(10)2)13(26)25(4)16(27)24(12)3/h5-9H2,1-4H3,(H5,17,18,19,21). The van der Waals surface area contributed by atoms with Gasteiger partial charge < -0.3 is 20.9 Å². The van der Waals surface area contributed by atoms with E-state index in [0.29, 0.717) is 24.1 Å². The first-order valence-electron chi connectivity index (χ1n) is 8.65. The summed E-state index contributed by atoms with van der Waals surface area (Å²) >= 11 is 0. The Hall–Kier alpha value is -3.11. The molecule has 2 heterocycles. The quantitative estimate of drug-likeness (QED) is 0.327. The summed E-state index contributed by atoms with van der Waals surface area (Å²) in [4.78, 5) is 34.3. The van der Waals surface area contributed by atoms with Crippen LogP contribution in [-0.2, 0) is 27.6 Å². The zero-order chi connectivity index (χ0) is 20.3. The molecule has 0 saturated heterocycles. The lowest BCUT2D eigenvalue weighted by molar-refractivity contribution is 0.464. The second-order valence-corrected chi connectivity index (χ2v) is 6.56. The van der Waals surface area contributed by atoms with Crippen LogP contribution in [0.2, 0.25) is 0 Å². The number of nitrogens with one attached hydrogen (secondary N) is 1. The van der Waals surface area contributed by atoms with Crippen LogP contribution in [0.3, 0.4) is 0 Å². The van der Waals surface area contributed by atoms with Gasteiger partial charge in [0.15, 0.2) is 17.1 Å². The number of rotatable bonds is 6. The van der Waals surface area contributed by atoms with Gasteiger partial charge in [0, 0.05) is 41.2 Å². The molecule has 0 amide bonds. The molecule has 5 N–H and O–H groups in total. The van der Waals surface area contributed by atoms with Gasteiger partial charge in [-0.15, -0.1) is 0 Å². The molecule has 0 aliphatic heterocycles. The lowest BCUT2D eigenvalue weighted by atomic mass is 10.2. The van der Waals surface area contributed by atoms with Gasteiger partial charge in [-0.25, -0.2) is 9.78 Å². The highest BCUT2D eigenvalue weighted by molar-refractivity contribution is 5.91. The summed E-state index contributed by atoms with van der Waals surface area (Å²) in [7, 11) is 6.63. The number of hydrogen-bond acceptors (Lipinski definition) is 4. The van der Waals surface area contributed by atoms with Gasteiger partial charge in [-0.2, -0.15) is 4.99 Å². The van der Waals surface area contributed by atoms with Crippen LogP contribution < -0.4 is 22.7 Å². The maximum absolute atomic E-state index is 12.4. The van der Waals surface area contributed by atoms with Crippen LogP contribution in [-0.4, -0.2) is 49.1 Å². The molecule has 0 unspecified atom stereocenters. The van der Waals surface area contributed by atoms with Gasteiger partial charge in [0.2, 0.25) is 5.96 Å². The highest BCUT2D eigenvalue weighted by Crippen LogP contribution is 2.12. The Kier molecular flexibility index (Phi) is 6.03. The van der Waals surface area contributed by atoms with Crippen molar-refractivity contribution in [3.8, 4) is 0 Å². The van der Waals surface area contributed by atoms with Crippen molar-refractivity contribution in [1.82, 2.24) is 23.6 Å². The molecule has 2 aromatic rings. The Balaban J connectivity index is 2.00. The topological polar surface area (TPSA) is 153 Å². The number of fused-ring (bicyclic) bond motifs is 1. The Morgan fingerprint density at radius 1 is 1.11 bits per heavy atom.